The van der Waals surface area contributed by atoms with E-state index in [1.807, 2.05) is 4.90 Å². The van der Waals surface area contributed by atoms with Crippen molar-refractivity contribution in [3.8, 4) is 0 Å². The molecule has 0 unspecified atom stereocenters. The summed E-state index contributed by atoms with van der Waals surface area (Å²) in [6.07, 6.45) is 2.46. The van der Waals surface area contributed by atoms with Crippen molar-refractivity contribution in [1.29, 1.82) is 0 Å². The number of aliphatic hydroxyl groups is 1. The van der Waals surface area contributed by atoms with Crippen LogP contribution in [0.1, 0.15) is 32.6 Å². The van der Waals surface area contributed by atoms with E-state index >= 15 is 0 Å². The highest BCUT2D eigenvalue weighted by Crippen LogP contribution is 2.48. The van der Waals surface area contributed by atoms with Crippen molar-refractivity contribution in [1.82, 2.24) is 15.1 Å². The maximum absolute atomic E-state index is 12.5. The van der Waals surface area contributed by atoms with Gasteiger partial charge < -0.3 is 25.3 Å². The molecule has 0 bridgehead atoms. The number of carbonyl (C=O) groups excluding carboxylic acids is 2. The third kappa shape index (κ3) is 3.15. The summed E-state index contributed by atoms with van der Waals surface area (Å²) in [4.78, 5) is 40.5. The molecule has 0 aromatic rings. The van der Waals surface area contributed by atoms with E-state index in [0.29, 0.717) is 24.3 Å². The molecule has 3 fully saturated rings. The fourth-order valence-electron chi connectivity index (χ4n) is 4.68. The smallest absolute Gasteiger partial charge is 0.353 e. The molecule has 5 atom stereocenters. The van der Waals surface area contributed by atoms with Crippen LogP contribution in [0.4, 0.5) is 0 Å². The first-order chi connectivity index (χ1) is 12.9. The van der Waals surface area contributed by atoms with E-state index in [9.17, 15) is 24.6 Å². The Morgan fingerprint density at radius 1 is 1.30 bits per heavy atom. The van der Waals surface area contributed by atoms with Gasteiger partial charge in [0.2, 0.25) is 11.8 Å². The third-order valence-corrected chi connectivity index (χ3v) is 7.34. The van der Waals surface area contributed by atoms with Crippen LogP contribution in [0.25, 0.3) is 0 Å². The van der Waals surface area contributed by atoms with Gasteiger partial charge in [-0.25, -0.2) is 4.79 Å². The molecule has 4 aliphatic heterocycles. The molecular formula is C18H25N3O5S. The molecule has 148 valence electrons. The zero-order valence-electron chi connectivity index (χ0n) is 15.3. The van der Waals surface area contributed by atoms with E-state index in [1.165, 1.54) is 16.7 Å². The molecule has 3 saturated heterocycles. The number of aliphatic hydroxyl groups excluding tert-OH is 1. The fraction of sp³-hybridized carbons (Fsp3) is 0.722. The second-order valence-electron chi connectivity index (χ2n) is 7.79. The number of hydrogen-bond donors (Lipinski definition) is 3. The minimum atomic E-state index is -1.10. The number of thioether (sulfide) groups is 1. The zero-order valence-corrected chi connectivity index (χ0v) is 16.1. The number of β-lactam (4-membered cyclic amide) rings is 1. The maximum Gasteiger partial charge on any atom is 0.353 e. The van der Waals surface area contributed by atoms with Gasteiger partial charge in [-0.15, -0.1) is 11.8 Å². The lowest BCUT2D eigenvalue weighted by Gasteiger charge is -2.44. The predicted octanol–water partition coefficient (Wildman–Crippen LogP) is -0.0198. The summed E-state index contributed by atoms with van der Waals surface area (Å²) in [6, 6.07) is -0.470. The molecule has 3 N–H and O–H groups in total. The minimum absolute atomic E-state index is 0.0567. The Labute approximate surface area is 161 Å². The molecule has 0 saturated carbocycles. The Kier molecular flexibility index (Phi) is 4.94. The Balaban J connectivity index is 1.43. The molecule has 0 aromatic carbocycles. The monoisotopic (exact) mass is 395 g/mol. The van der Waals surface area contributed by atoms with Crippen LogP contribution in [0.5, 0.6) is 0 Å². The van der Waals surface area contributed by atoms with Gasteiger partial charge in [0.1, 0.15) is 5.70 Å². The summed E-state index contributed by atoms with van der Waals surface area (Å²) < 4.78 is 0. The lowest BCUT2D eigenvalue weighted by atomic mass is 9.83. The molecular weight excluding hydrogens is 370 g/mol. The van der Waals surface area contributed by atoms with Gasteiger partial charge in [0, 0.05) is 36.2 Å². The highest BCUT2D eigenvalue weighted by molar-refractivity contribution is 8.03. The van der Waals surface area contributed by atoms with Crippen molar-refractivity contribution in [2.75, 3.05) is 19.6 Å². The van der Waals surface area contributed by atoms with Gasteiger partial charge in [-0.1, -0.05) is 0 Å². The van der Waals surface area contributed by atoms with Crippen LogP contribution in [0.3, 0.4) is 0 Å². The summed E-state index contributed by atoms with van der Waals surface area (Å²) >= 11 is 1.47. The van der Waals surface area contributed by atoms with Gasteiger partial charge in [-0.3, -0.25) is 9.59 Å². The number of carboxylic acid groups (broad SMARTS) is 1. The summed E-state index contributed by atoms with van der Waals surface area (Å²) in [5.41, 5.74) is 0.0567. The lowest BCUT2D eigenvalue weighted by Crippen LogP contribution is -2.61. The molecule has 4 aliphatic rings. The van der Waals surface area contributed by atoms with Gasteiger partial charge in [-0.05, 0) is 26.2 Å². The van der Waals surface area contributed by atoms with E-state index in [-0.39, 0.29) is 34.8 Å². The van der Waals surface area contributed by atoms with E-state index in [1.54, 1.807) is 6.92 Å². The first kappa shape index (κ1) is 18.8. The highest BCUT2D eigenvalue weighted by Gasteiger charge is 2.57. The van der Waals surface area contributed by atoms with Crippen molar-refractivity contribution >= 4 is 29.5 Å². The largest absolute Gasteiger partial charge is 0.477 e. The molecule has 0 aliphatic carbocycles. The topological polar surface area (TPSA) is 110 Å². The summed E-state index contributed by atoms with van der Waals surface area (Å²) in [5.74, 6) is -1.80. The number of nitrogens with one attached hydrogen (secondary N) is 1. The van der Waals surface area contributed by atoms with Crippen LogP contribution in [0, 0.1) is 5.92 Å². The molecule has 0 radical (unpaired) electrons. The molecule has 0 aromatic heterocycles. The lowest BCUT2D eigenvalue weighted by molar-refractivity contribution is -0.161. The van der Waals surface area contributed by atoms with Gasteiger partial charge in [0.05, 0.1) is 24.1 Å². The number of rotatable bonds is 5. The maximum atomic E-state index is 12.5. The molecule has 27 heavy (non-hydrogen) atoms. The molecule has 9 heteroatoms. The van der Waals surface area contributed by atoms with E-state index in [2.05, 4.69) is 5.32 Å². The first-order valence-electron chi connectivity index (χ1n) is 9.55. The second-order valence-corrected chi connectivity index (χ2v) is 9.19. The number of amides is 2. The van der Waals surface area contributed by atoms with Crippen molar-refractivity contribution in [2.24, 2.45) is 5.92 Å². The van der Waals surface area contributed by atoms with Crippen LogP contribution < -0.4 is 5.32 Å². The number of nitrogens with zero attached hydrogens (tertiary/aromatic N) is 2. The number of likely N-dealkylation sites (tertiary alicyclic amines) is 1. The van der Waals surface area contributed by atoms with Crippen molar-refractivity contribution in [2.45, 2.75) is 56.0 Å². The molecule has 4 heterocycles. The quantitative estimate of drug-likeness (QED) is 0.561. The fourth-order valence-corrected chi connectivity index (χ4v) is 6.11. The minimum Gasteiger partial charge on any atom is -0.477 e. The normalized spacial score (nSPS) is 34.1. The average molecular weight is 395 g/mol. The predicted molar refractivity (Wildman–Crippen MR) is 98.7 cm³/mol. The molecule has 0 spiro atoms. The molecule has 2 amide bonds. The highest BCUT2D eigenvalue weighted by atomic mass is 32.2. The Hall–Kier alpha value is -1.58. The Morgan fingerprint density at radius 2 is 2.00 bits per heavy atom. The van der Waals surface area contributed by atoms with Crippen LogP contribution in [-0.4, -0.2) is 80.9 Å². The number of carbonyl (C=O) groups is 3. The number of fused-ring (bicyclic) bond motifs is 1. The van der Waals surface area contributed by atoms with Gasteiger partial charge >= 0.3 is 5.97 Å². The number of aliphatic carboxylic acids is 1. The van der Waals surface area contributed by atoms with Gasteiger partial charge in [0.15, 0.2) is 0 Å². The van der Waals surface area contributed by atoms with Crippen LogP contribution >= 0.6 is 11.8 Å². The standard InChI is InChI=1S/C18H25N3O5S/c1-9(22)14-12-7-13(15(18(25)26)21(12)17(14)24)27-10-6-11(19-8-10)16(23)20-4-2-3-5-20/h9-12,14,19,22H,2-8H2,1H3,(H,25,26)/t9-,10+,11+,12-,14-/m1/s1. The van der Waals surface area contributed by atoms with Crippen LogP contribution in [0.2, 0.25) is 0 Å². The Bertz CT molecular complexity index is 703. The van der Waals surface area contributed by atoms with E-state index in [4.69, 9.17) is 0 Å². The molecule has 4 rings (SSSR count). The SMILES string of the molecule is C[C@@H](O)[C@H]1C(=O)N2C(C(=O)O)=C(S[C@@H]3CN[C@H](C(=O)N4CCCC4)C3)C[C@H]12. The summed E-state index contributed by atoms with van der Waals surface area (Å²) in [6.45, 7) is 3.86. The summed E-state index contributed by atoms with van der Waals surface area (Å²) in [7, 11) is 0. The average Bonchev–Trinajstić information content (AvgIpc) is 3.33. The van der Waals surface area contributed by atoms with Crippen molar-refractivity contribution in [3.63, 3.8) is 0 Å². The van der Waals surface area contributed by atoms with E-state index < -0.39 is 18.0 Å². The van der Waals surface area contributed by atoms with Gasteiger partial charge in [0.25, 0.3) is 0 Å². The Morgan fingerprint density at radius 3 is 2.63 bits per heavy atom. The zero-order chi connectivity index (χ0) is 19.3. The van der Waals surface area contributed by atoms with Crippen molar-refractivity contribution < 1.29 is 24.6 Å². The second kappa shape index (κ2) is 7.10. The van der Waals surface area contributed by atoms with Gasteiger partial charge in [-0.2, -0.15) is 0 Å². The van der Waals surface area contributed by atoms with E-state index in [0.717, 1.165) is 25.9 Å². The van der Waals surface area contributed by atoms with Crippen LogP contribution in [-0.2, 0) is 14.4 Å². The molecule has 8 nitrogen and oxygen atoms in total. The third-order valence-electron chi connectivity index (χ3n) is 6.01. The number of carboxylic acids is 1. The van der Waals surface area contributed by atoms with Crippen molar-refractivity contribution in [3.05, 3.63) is 10.6 Å². The number of hydrogen-bond acceptors (Lipinski definition) is 6. The van der Waals surface area contributed by atoms with Crippen LogP contribution in [0.15, 0.2) is 10.6 Å². The summed E-state index contributed by atoms with van der Waals surface area (Å²) in [5, 5.41) is 22.8. The first-order valence-corrected chi connectivity index (χ1v) is 10.4.